The Morgan fingerprint density at radius 3 is 2.60 bits per heavy atom. The first-order chi connectivity index (χ1) is 7.36. The number of aryl methyl sites for hydroxylation is 1. The summed E-state index contributed by atoms with van der Waals surface area (Å²) < 4.78 is 4.26. The Morgan fingerprint density at radius 1 is 1.13 bits per heavy atom. The Hall–Kier alpha value is -1.58. The lowest BCUT2D eigenvalue weighted by atomic mass is 10.2. The van der Waals surface area contributed by atoms with E-state index in [0.717, 1.165) is 19.4 Å². The number of hydrogen-bond acceptors (Lipinski definition) is 2. The average molecular weight is 204 g/mol. The van der Waals surface area contributed by atoms with Crippen LogP contribution in [0.3, 0.4) is 0 Å². The standard InChI is InChI=1S/C11H16N4/c1-11(15-8-5-13-10-15)3-2-6-14-7-4-12-9-14/h4-5,7-11H,2-3,6H2,1H3. The molecule has 1 atom stereocenters. The minimum absolute atomic E-state index is 0.524. The first-order valence-electron chi connectivity index (χ1n) is 5.29. The van der Waals surface area contributed by atoms with Gasteiger partial charge >= 0.3 is 0 Å². The van der Waals surface area contributed by atoms with Gasteiger partial charge in [-0.2, -0.15) is 0 Å². The topological polar surface area (TPSA) is 35.6 Å². The maximum absolute atomic E-state index is 4.05. The van der Waals surface area contributed by atoms with E-state index in [1.54, 1.807) is 0 Å². The zero-order valence-electron chi connectivity index (χ0n) is 8.95. The Kier molecular flexibility index (Phi) is 3.17. The molecule has 80 valence electrons. The summed E-state index contributed by atoms with van der Waals surface area (Å²) in [7, 11) is 0. The second-order valence-electron chi connectivity index (χ2n) is 3.80. The monoisotopic (exact) mass is 204 g/mol. The summed E-state index contributed by atoms with van der Waals surface area (Å²) in [6, 6.07) is 0.524. The van der Waals surface area contributed by atoms with E-state index in [1.165, 1.54) is 0 Å². The van der Waals surface area contributed by atoms with Crippen molar-refractivity contribution in [1.29, 1.82) is 0 Å². The lowest BCUT2D eigenvalue weighted by Crippen LogP contribution is -2.04. The van der Waals surface area contributed by atoms with Crippen LogP contribution in [0.1, 0.15) is 25.8 Å². The molecule has 0 aliphatic rings. The van der Waals surface area contributed by atoms with Crippen LogP contribution in [-0.2, 0) is 6.54 Å². The van der Waals surface area contributed by atoms with E-state index in [4.69, 9.17) is 0 Å². The summed E-state index contributed by atoms with van der Waals surface area (Å²) in [5.74, 6) is 0. The van der Waals surface area contributed by atoms with Crippen molar-refractivity contribution in [2.24, 2.45) is 0 Å². The highest BCUT2D eigenvalue weighted by molar-refractivity contribution is 4.79. The molecule has 0 radical (unpaired) electrons. The van der Waals surface area contributed by atoms with Crippen LogP contribution in [0.5, 0.6) is 0 Å². The molecule has 4 nitrogen and oxygen atoms in total. The fourth-order valence-corrected chi connectivity index (χ4v) is 1.67. The van der Waals surface area contributed by atoms with E-state index in [0.29, 0.717) is 6.04 Å². The quantitative estimate of drug-likeness (QED) is 0.747. The first kappa shape index (κ1) is 9.96. The molecule has 0 aromatic carbocycles. The van der Waals surface area contributed by atoms with Gasteiger partial charge in [0, 0.05) is 37.4 Å². The highest BCUT2D eigenvalue weighted by Crippen LogP contribution is 2.12. The largest absolute Gasteiger partial charge is 0.337 e. The van der Waals surface area contributed by atoms with Crippen molar-refractivity contribution in [3.63, 3.8) is 0 Å². The van der Waals surface area contributed by atoms with Gasteiger partial charge in [-0.1, -0.05) is 0 Å². The molecule has 2 aromatic heterocycles. The molecular formula is C11H16N4. The molecule has 0 saturated carbocycles. The minimum atomic E-state index is 0.524. The van der Waals surface area contributed by atoms with E-state index >= 15 is 0 Å². The molecule has 15 heavy (non-hydrogen) atoms. The Labute approximate surface area is 89.6 Å². The average Bonchev–Trinajstić information content (AvgIpc) is 2.90. The van der Waals surface area contributed by atoms with E-state index in [-0.39, 0.29) is 0 Å². The lowest BCUT2D eigenvalue weighted by molar-refractivity contribution is 0.464. The summed E-state index contributed by atoms with van der Waals surface area (Å²) in [5.41, 5.74) is 0. The number of hydrogen-bond donors (Lipinski definition) is 0. The fourth-order valence-electron chi connectivity index (χ4n) is 1.67. The lowest BCUT2D eigenvalue weighted by Gasteiger charge is -2.12. The molecular weight excluding hydrogens is 188 g/mol. The smallest absolute Gasteiger partial charge is 0.0948 e. The summed E-state index contributed by atoms with van der Waals surface area (Å²) in [5, 5.41) is 0. The molecule has 2 heterocycles. The van der Waals surface area contributed by atoms with Crippen LogP contribution < -0.4 is 0 Å². The molecule has 0 N–H and O–H groups in total. The number of imidazole rings is 2. The van der Waals surface area contributed by atoms with Gasteiger partial charge in [-0.3, -0.25) is 0 Å². The van der Waals surface area contributed by atoms with E-state index in [1.807, 2.05) is 37.4 Å². The highest BCUT2D eigenvalue weighted by Gasteiger charge is 2.02. The van der Waals surface area contributed by atoms with Crippen molar-refractivity contribution in [1.82, 2.24) is 19.1 Å². The van der Waals surface area contributed by atoms with Gasteiger partial charge in [-0.15, -0.1) is 0 Å². The second kappa shape index (κ2) is 4.77. The van der Waals surface area contributed by atoms with Crippen molar-refractivity contribution in [3.8, 4) is 0 Å². The number of aromatic nitrogens is 4. The van der Waals surface area contributed by atoms with Crippen LogP contribution in [-0.4, -0.2) is 19.1 Å². The predicted molar refractivity (Wildman–Crippen MR) is 58.4 cm³/mol. The van der Waals surface area contributed by atoms with Gasteiger partial charge in [-0.25, -0.2) is 9.97 Å². The minimum Gasteiger partial charge on any atom is -0.337 e. The summed E-state index contributed by atoms with van der Waals surface area (Å²) in [6.07, 6.45) is 13.7. The van der Waals surface area contributed by atoms with Crippen molar-refractivity contribution in [3.05, 3.63) is 37.4 Å². The molecule has 0 spiro atoms. The molecule has 1 unspecified atom stereocenters. The Bertz CT molecular complexity index is 363. The van der Waals surface area contributed by atoms with Crippen molar-refractivity contribution in [2.45, 2.75) is 32.4 Å². The van der Waals surface area contributed by atoms with Crippen LogP contribution in [0.25, 0.3) is 0 Å². The third-order valence-corrected chi connectivity index (χ3v) is 2.63. The molecule has 2 aromatic rings. The normalized spacial score (nSPS) is 12.9. The molecule has 0 fully saturated rings. The SMILES string of the molecule is CC(CCCn1ccnc1)n1ccnc1. The van der Waals surface area contributed by atoms with Gasteiger partial charge in [0.25, 0.3) is 0 Å². The molecule has 2 rings (SSSR count). The molecule has 0 saturated heterocycles. The van der Waals surface area contributed by atoms with Gasteiger partial charge in [0.05, 0.1) is 12.7 Å². The Balaban J connectivity index is 1.74. The van der Waals surface area contributed by atoms with E-state index < -0.39 is 0 Å². The zero-order valence-corrected chi connectivity index (χ0v) is 8.95. The van der Waals surface area contributed by atoms with Crippen LogP contribution in [0, 0.1) is 0 Å². The summed E-state index contributed by atoms with van der Waals surface area (Å²) in [4.78, 5) is 8.07. The predicted octanol–water partition coefficient (Wildman–Crippen LogP) is 2.12. The van der Waals surface area contributed by atoms with Crippen molar-refractivity contribution >= 4 is 0 Å². The van der Waals surface area contributed by atoms with Gasteiger partial charge in [-0.05, 0) is 19.8 Å². The first-order valence-corrected chi connectivity index (χ1v) is 5.29. The molecule has 4 heteroatoms. The highest BCUT2D eigenvalue weighted by atomic mass is 15.0. The number of rotatable bonds is 5. The molecule has 0 aliphatic heterocycles. The van der Waals surface area contributed by atoms with Gasteiger partial charge in [0.15, 0.2) is 0 Å². The molecule has 0 bridgehead atoms. The van der Waals surface area contributed by atoms with Gasteiger partial charge < -0.3 is 9.13 Å². The van der Waals surface area contributed by atoms with Gasteiger partial charge in [0.1, 0.15) is 0 Å². The van der Waals surface area contributed by atoms with Crippen molar-refractivity contribution in [2.75, 3.05) is 0 Å². The van der Waals surface area contributed by atoms with Gasteiger partial charge in [0.2, 0.25) is 0 Å². The summed E-state index contributed by atoms with van der Waals surface area (Å²) >= 11 is 0. The van der Waals surface area contributed by atoms with E-state index in [2.05, 4.69) is 26.0 Å². The van der Waals surface area contributed by atoms with Crippen LogP contribution in [0.4, 0.5) is 0 Å². The van der Waals surface area contributed by atoms with Crippen LogP contribution in [0.2, 0.25) is 0 Å². The maximum Gasteiger partial charge on any atom is 0.0948 e. The van der Waals surface area contributed by atoms with Crippen LogP contribution >= 0.6 is 0 Å². The second-order valence-corrected chi connectivity index (χ2v) is 3.80. The third kappa shape index (κ3) is 2.68. The summed E-state index contributed by atoms with van der Waals surface area (Å²) in [6.45, 7) is 3.26. The number of nitrogens with zero attached hydrogens (tertiary/aromatic N) is 4. The fraction of sp³-hybridized carbons (Fsp3) is 0.455. The zero-order chi connectivity index (χ0) is 10.5. The van der Waals surface area contributed by atoms with E-state index in [9.17, 15) is 0 Å². The maximum atomic E-state index is 4.05. The molecule has 0 aliphatic carbocycles. The third-order valence-electron chi connectivity index (χ3n) is 2.63. The Morgan fingerprint density at radius 2 is 1.93 bits per heavy atom. The van der Waals surface area contributed by atoms with Crippen LogP contribution in [0.15, 0.2) is 37.4 Å². The molecule has 0 amide bonds. The van der Waals surface area contributed by atoms with Crippen molar-refractivity contribution < 1.29 is 0 Å².